The summed E-state index contributed by atoms with van der Waals surface area (Å²) in [6.07, 6.45) is 1.98. The number of nitrogens with zero attached hydrogens (tertiary/aromatic N) is 4. The zero-order valence-electron chi connectivity index (χ0n) is 13.7. The lowest BCUT2D eigenvalue weighted by atomic mass is 10.2. The molecule has 0 aliphatic carbocycles. The smallest absolute Gasteiger partial charge is 0.344 e. The van der Waals surface area contributed by atoms with Crippen LogP contribution in [0.3, 0.4) is 0 Å². The zero-order valence-corrected chi connectivity index (χ0v) is 14.5. The molecular formula is C16H16FN5O3S. The second kappa shape index (κ2) is 7.42. The molecule has 0 radical (unpaired) electrons. The van der Waals surface area contributed by atoms with Gasteiger partial charge in [0.25, 0.3) is 0 Å². The molecule has 8 nitrogen and oxygen atoms in total. The molecule has 1 aliphatic rings. The van der Waals surface area contributed by atoms with Crippen molar-refractivity contribution in [2.24, 2.45) is 0 Å². The third-order valence-corrected chi connectivity index (χ3v) is 4.99. The monoisotopic (exact) mass is 377 g/mol. The number of nitrogens with one attached hydrogen (secondary N) is 1. The van der Waals surface area contributed by atoms with Crippen molar-refractivity contribution in [3.8, 4) is 11.4 Å². The van der Waals surface area contributed by atoms with Gasteiger partial charge in [0.15, 0.2) is 5.16 Å². The van der Waals surface area contributed by atoms with Crippen molar-refractivity contribution in [3.63, 3.8) is 0 Å². The van der Waals surface area contributed by atoms with E-state index < -0.39 is 0 Å². The minimum atomic E-state index is -0.323. The average Bonchev–Trinajstić information content (AvgIpc) is 3.38. The summed E-state index contributed by atoms with van der Waals surface area (Å²) >= 11 is 1.32. The number of hydrogen-bond acceptors (Lipinski definition) is 7. The Bertz CT molecular complexity index is 930. The first-order valence-corrected chi connectivity index (χ1v) is 9.16. The van der Waals surface area contributed by atoms with Gasteiger partial charge in [0.1, 0.15) is 5.82 Å². The summed E-state index contributed by atoms with van der Waals surface area (Å²) in [5, 5.41) is 11.0. The first-order valence-electron chi connectivity index (χ1n) is 8.17. The predicted octanol–water partition coefficient (Wildman–Crippen LogP) is 2.23. The molecule has 0 amide bonds. The van der Waals surface area contributed by atoms with E-state index in [9.17, 15) is 9.18 Å². The highest BCUT2D eigenvalue weighted by Crippen LogP contribution is 2.23. The number of rotatable bonds is 6. The molecule has 1 aliphatic heterocycles. The molecule has 1 unspecified atom stereocenters. The summed E-state index contributed by atoms with van der Waals surface area (Å²) in [4.78, 5) is 16.2. The zero-order chi connectivity index (χ0) is 17.9. The van der Waals surface area contributed by atoms with E-state index in [0.29, 0.717) is 34.7 Å². The number of ether oxygens (including phenoxy) is 1. The van der Waals surface area contributed by atoms with Gasteiger partial charge in [-0.2, -0.15) is 4.98 Å². The molecule has 2 aromatic heterocycles. The predicted molar refractivity (Wildman–Crippen MR) is 91.1 cm³/mol. The summed E-state index contributed by atoms with van der Waals surface area (Å²) in [5.41, 5.74) is 0.405. The van der Waals surface area contributed by atoms with Crippen molar-refractivity contribution in [1.82, 2.24) is 24.9 Å². The summed E-state index contributed by atoms with van der Waals surface area (Å²) in [6.45, 7) is 1.20. The maximum atomic E-state index is 13.0. The van der Waals surface area contributed by atoms with Crippen LogP contribution in [0, 0.1) is 5.82 Å². The molecule has 1 N–H and O–H groups in total. The van der Waals surface area contributed by atoms with Gasteiger partial charge in [0, 0.05) is 12.2 Å². The van der Waals surface area contributed by atoms with E-state index in [1.54, 1.807) is 16.7 Å². The number of H-pyrrole nitrogens is 1. The van der Waals surface area contributed by atoms with Crippen LogP contribution < -0.4 is 5.69 Å². The Hall–Kier alpha value is -2.46. The molecule has 4 rings (SSSR count). The van der Waals surface area contributed by atoms with Crippen molar-refractivity contribution in [2.75, 3.05) is 6.61 Å². The minimum absolute atomic E-state index is 0.0399. The van der Waals surface area contributed by atoms with Crippen molar-refractivity contribution in [2.45, 2.75) is 36.4 Å². The summed E-state index contributed by atoms with van der Waals surface area (Å²) in [6, 6.07) is 5.86. The van der Waals surface area contributed by atoms with Gasteiger partial charge in [0.2, 0.25) is 11.7 Å². The van der Waals surface area contributed by atoms with Gasteiger partial charge in [-0.25, -0.2) is 14.3 Å². The molecule has 26 heavy (non-hydrogen) atoms. The Kier molecular flexibility index (Phi) is 4.85. The third kappa shape index (κ3) is 3.70. The van der Waals surface area contributed by atoms with Crippen LogP contribution in [0.2, 0.25) is 0 Å². The Balaban J connectivity index is 1.43. The van der Waals surface area contributed by atoms with Gasteiger partial charge in [-0.1, -0.05) is 16.9 Å². The summed E-state index contributed by atoms with van der Waals surface area (Å²) in [5.74, 6) is 0.827. The van der Waals surface area contributed by atoms with Crippen molar-refractivity contribution >= 4 is 11.8 Å². The lowest BCUT2D eigenvalue weighted by Crippen LogP contribution is -2.24. The Morgan fingerprint density at radius 3 is 2.96 bits per heavy atom. The lowest BCUT2D eigenvalue weighted by Gasteiger charge is -2.10. The SMILES string of the molecule is O=c1[nH]nc(SCc2nc(-c3ccc(F)cc3)no2)n1CC1CCCO1. The van der Waals surface area contributed by atoms with Gasteiger partial charge < -0.3 is 9.26 Å². The highest BCUT2D eigenvalue weighted by molar-refractivity contribution is 7.98. The highest BCUT2D eigenvalue weighted by atomic mass is 32.2. The van der Waals surface area contributed by atoms with E-state index in [0.717, 1.165) is 19.4 Å². The molecule has 1 saturated heterocycles. The molecule has 0 saturated carbocycles. The molecule has 1 aromatic carbocycles. The maximum Gasteiger partial charge on any atom is 0.344 e. The summed E-state index contributed by atoms with van der Waals surface area (Å²) in [7, 11) is 0. The molecular weight excluding hydrogens is 361 g/mol. The van der Waals surface area contributed by atoms with E-state index in [4.69, 9.17) is 9.26 Å². The van der Waals surface area contributed by atoms with Gasteiger partial charge in [-0.15, -0.1) is 5.10 Å². The quantitative estimate of drug-likeness (QED) is 0.658. The second-order valence-electron chi connectivity index (χ2n) is 5.86. The first kappa shape index (κ1) is 17.0. The Morgan fingerprint density at radius 2 is 2.19 bits per heavy atom. The van der Waals surface area contributed by atoms with E-state index >= 15 is 0 Å². The van der Waals surface area contributed by atoms with Gasteiger partial charge in [-0.05, 0) is 37.1 Å². The topological polar surface area (TPSA) is 98.8 Å². The van der Waals surface area contributed by atoms with E-state index in [-0.39, 0.29) is 17.6 Å². The van der Waals surface area contributed by atoms with Crippen LogP contribution >= 0.6 is 11.8 Å². The number of thioether (sulfide) groups is 1. The number of aromatic amines is 1. The van der Waals surface area contributed by atoms with Crippen molar-refractivity contribution in [1.29, 1.82) is 0 Å². The van der Waals surface area contributed by atoms with Gasteiger partial charge >= 0.3 is 5.69 Å². The van der Waals surface area contributed by atoms with Crippen LogP contribution in [0.5, 0.6) is 0 Å². The molecule has 3 heterocycles. The Labute approximate surface area is 151 Å². The van der Waals surface area contributed by atoms with Crippen LogP contribution in [0.4, 0.5) is 4.39 Å². The van der Waals surface area contributed by atoms with Crippen LogP contribution in [-0.4, -0.2) is 37.6 Å². The minimum Gasteiger partial charge on any atom is -0.376 e. The summed E-state index contributed by atoms with van der Waals surface area (Å²) < 4.78 is 25.4. The maximum absolute atomic E-state index is 13.0. The van der Waals surface area contributed by atoms with Crippen molar-refractivity contribution < 1.29 is 13.7 Å². The van der Waals surface area contributed by atoms with Gasteiger partial charge in [-0.3, -0.25) is 4.57 Å². The standard InChI is InChI=1S/C16H16FN5O3S/c17-11-5-3-10(4-6-11)14-18-13(25-21-14)9-26-16-20-19-15(23)22(16)8-12-2-1-7-24-12/h3-6,12H,1-2,7-9H2,(H,19,23). The molecule has 0 bridgehead atoms. The van der Waals surface area contributed by atoms with Crippen LogP contribution in [-0.2, 0) is 17.0 Å². The first-order chi connectivity index (χ1) is 12.7. The van der Waals surface area contributed by atoms with E-state index in [1.165, 1.54) is 23.9 Å². The Morgan fingerprint density at radius 1 is 1.35 bits per heavy atom. The largest absolute Gasteiger partial charge is 0.376 e. The second-order valence-corrected chi connectivity index (χ2v) is 6.81. The fourth-order valence-electron chi connectivity index (χ4n) is 2.72. The molecule has 3 aromatic rings. The van der Waals surface area contributed by atoms with E-state index in [2.05, 4.69) is 20.3 Å². The van der Waals surface area contributed by atoms with Crippen molar-refractivity contribution in [3.05, 3.63) is 46.5 Å². The molecule has 0 spiro atoms. The molecule has 1 fully saturated rings. The number of hydrogen-bond donors (Lipinski definition) is 1. The number of aromatic nitrogens is 5. The number of benzene rings is 1. The lowest BCUT2D eigenvalue weighted by molar-refractivity contribution is 0.0941. The van der Waals surface area contributed by atoms with Crippen LogP contribution in [0.1, 0.15) is 18.7 Å². The third-order valence-electron chi connectivity index (χ3n) is 4.03. The van der Waals surface area contributed by atoms with Crippen LogP contribution in [0.15, 0.2) is 38.7 Å². The van der Waals surface area contributed by atoms with Crippen LogP contribution in [0.25, 0.3) is 11.4 Å². The normalized spacial score (nSPS) is 17.0. The fourth-order valence-corrected chi connectivity index (χ4v) is 3.52. The number of halogens is 1. The molecule has 136 valence electrons. The average molecular weight is 377 g/mol. The van der Waals surface area contributed by atoms with E-state index in [1.807, 2.05) is 0 Å². The fraction of sp³-hybridized carbons (Fsp3) is 0.375. The highest BCUT2D eigenvalue weighted by Gasteiger charge is 2.20. The molecule has 1 atom stereocenters. The van der Waals surface area contributed by atoms with Gasteiger partial charge in [0.05, 0.1) is 18.4 Å². The molecule has 10 heteroatoms.